The first-order chi connectivity index (χ1) is 14.1. The summed E-state index contributed by atoms with van der Waals surface area (Å²) in [5.41, 5.74) is 8.44. The van der Waals surface area contributed by atoms with Gasteiger partial charge in [-0.05, 0) is 35.4 Å². The van der Waals surface area contributed by atoms with Gasteiger partial charge in [0.05, 0.1) is 5.56 Å². The lowest BCUT2D eigenvalue weighted by Crippen LogP contribution is -2.30. The third kappa shape index (κ3) is 4.75. The Morgan fingerprint density at radius 3 is 2.69 bits per heavy atom. The van der Waals surface area contributed by atoms with Gasteiger partial charge in [0.1, 0.15) is 5.00 Å². The number of amides is 2. The average Bonchev–Trinajstić information content (AvgIpc) is 3.34. The number of benzene rings is 1. The third-order valence-electron chi connectivity index (χ3n) is 5.06. The second kappa shape index (κ2) is 8.90. The minimum Gasteiger partial charge on any atom is -0.365 e. The van der Waals surface area contributed by atoms with Gasteiger partial charge in [0.2, 0.25) is 5.91 Å². The van der Waals surface area contributed by atoms with Gasteiger partial charge in [-0.3, -0.25) is 14.5 Å². The van der Waals surface area contributed by atoms with Crippen molar-refractivity contribution in [3.05, 3.63) is 74.3 Å². The summed E-state index contributed by atoms with van der Waals surface area (Å²) in [5.74, 6) is -0.548. The van der Waals surface area contributed by atoms with Crippen LogP contribution in [0.2, 0.25) is 0 Å². The van der Waals surface area contributed by atoms with E-state index in [1.54, 1.807) is 11.3 Å². The molecule has 4 rings (SSSR count). The van der Waals surface area contributed by atoms with Crippen LogP contribution in [0, 0.1) is 0 Å². The molecule has 0 saturated carbocycles. The van der Waals surface area contributed by atoms with Crippen molar-refractivity contribution in [2.75, 3.05) is 11.9 Å². The van der Waals surface area contributed by atoms with Gasteiger partial charge in [-0.25, -0.2) is 0 Å². The molecule has 0 atom stereocenters. The van der Waals surface area contributed by atoms with Crippen LogP contribution in [-0.4, -0.2) is 23.3 Å². The van der Waals surface area contributed by atoms with Gasteiger partial charge in [0.25, 0.3) is 5.91 Å². The van der Waals surface area contributed by atoms with Crippen LogP contribution in [0.15, 0.2) is 47.8 Å². The van der Waals surface area contributed by atoms with Crippen LogP contribution in [-0.2, 0) is 30.7 Å². The maximum Gasteiger partial charge on any atom is 0.251 e. The lowest BCUT2D eigenvalue weighted by Gasteiger charge is -2.27. The van der Waals surface area contributed by atoms with E-state index in [2.05, 4.69) is 22.3 Å². The first-order valence-electron chi connectivity index (χ1n) is 9.63. The van der Waals surface area contributed by atoms with Crippen LogP contribution in [0.1, 0.15) is 37.7 Å². The third-order valence-corrected chi connectivity index (χ3v) is 7.13. The topological polar surface area (TPSA) is 75.4 Å². The number of anilines is 1. The quantitative estimate of drug-likeness (QED) is 0.600. The highest BCUT2D eigenvalue weighted by Crippen LogP contribution is 2.37. The summed E-state index contributed by atoms with van der Waals surface area (Å²) < 4.78 is 0. The van der Waals surface area contributed by atoms with Crippen molar-refractivity contribution >= 4 is 39.5 Å². The Labute approximate surface area is 178 Å². The van der Waals surface area contributed by atoms with Crippen LogP contribution in [0.25, 0.3) is 0 Å². The molecule has 3 N–H and O–H groups in total. The lowest BCUT2D eigenvalue weighted by molar-refractivity contribution is -0.116. The molecule has 1 aromatic carbocycles. The molecule has 0 aliphatic carbocycles. The molecule has 0 saturated heterocycles. The molecule has 0 radical (unpaired) electrons. The summed E-state index contributed by atoms with van der Waals surface area (Å²) in [7, 11) is 0. The lowest BCUT2D eigenvalue weighted by atomic mass is 10.0. The smallest absolute Gasteiger partial charge is 0.251 e. The Bertz CT molecular complexity index is 997. The number of primary amides is 1. The highest BCUT2D eigenvalue weighted by Gasteiger charge is 2.27. The highest BCUT2D eigenvalue weighted by atomic mass is 32.1. The van der Waals surface area contributed by atoms with E-state index in [-0.39, 0.29) is 5.91 Å². The number of aryl methyl sites for hydroxylation is 1. The zero-order valence-electron chi connectivity index (χ0n) is 16.0. The second-order valence-corrected chi connectivity index (χ2v) is 9.28. The number of nitrogens with two attached hydrogens (primary N) is 1. The van der Waals surface area contributed by atoms with Gasteiger partial charge >= 0.3 is 0 Å². The van der Waals surface area contributed by atoms with Crippen LogP contribution in [0.4, 0.5) is 5.00 Å². The number of rotatable bonds is 7. The molecule has 3 heterocycles. The molecule has 29 heavy (non-hydrogen) atoms. The zero-order chi connectivity index (χ0) is 20.2. The van der Waals surface area contributed by atoms with Gasteiger partial charge in [0, 0.05) is 35.8 Å². The van der Waals surface area contributed by atoms with Crippen molar-refractivity contribution in [1.82, 2.24) is 4.90 Å². The van der Waals surface area contributed by atoms with E-state index in [4.69, 9.17) is 5.73 Å². The molecular weight excluding hydrogens is 402 g/mol. The predicted molar refractivity (Wildman–Crippen MR) is 118 cm³/mol. The van der Waals surface area contributed by atoms with E-state index in [9.17, 15) is 9.59 Å². The van der Waals surface area contributed by atoms with Crippen LogP contribution in [0.3, 0.4) is 0 Å². The Balaban J connectivity index is 1.46. The monoisotopic (exact) mass is 425 g/mol. The largest absolute Gasteiger partial charge is 0.365 e. The molecule has 2 amide bonds. The van der Waals surface area contributed by atoms with Crippen LogP contribution in [0.5, 0.6) is 0 Å². The molecule has 2 aromatic heterocycles. The Hall–Kier alpha value is -2.48. The maximum absolute atomic E-state index is 12.4. The SMILES string of the molecule is NC(=O)c1c(NC(=O)CCc2cccs2)sc2c1CCN(Cc1ccccc1)C2. The molecule has 0 unspecified atom stereocenters. The molecule has 1 aliphatic rings. The molecule has 5 nitrogen and oxygen atoms in total. The highest BCUT2D eigenvalue weighted by molar-refractivity contribution is 7.17. The number of carbonyl (C=O) groups excluding carboxylic acids is 2. The number of nitrogens with one attached hydrogen (secondary N) is 1. The summed E-state index contributed by atoms with van der Waals surface area (Å²) in [6, 6.07) is 14.4. The number of hydrogen-bond donors (Lipinski definition) is 2. The van der Waals surface area contributed by atoms with E-state index in [0.29, 0.717) is 23.4 Å². The first-order valence-corrected chi connectivity index (χ1v) is 11.3. The van der Waals surface area contributed by atoms with E-state index in [0.717, 1.165) is 36.5 Å². The fourth-order valence-corrected chi connectivity index (χ4v) is 5.68. The molecule has 3 aromatic rings. The summed E-state index contributed by atoms with van der Waals surface area (Å²) >= 11 is 3.13. The van der Waals surface area contributed by atoms with Gasteiger partial charge in [-0.15, -0.1) is 22.7 Å². The van der Waals surface area contributed by atoms with Gasteiger partial charge in [-0.1, -0.05) is 36.4 Å². The summed E-state index contributed by atoms with van der Waals surface area (Å²) in [6.07, 6.45) is 1.86. The standard InChI is InChI=1S/C22H23N3O2S2/c23-21(27)20-17-10-11-25(13-15-5-2-1-3-6-15)14-18(17)29-22(20)24-19(26)9-8-16-7-4-12-28-16/h1-7,12H,8-11,13-14H2,(H2,23,27)(H,24,26). The number of thiophene rings is 2. The molecule has 0 fully saturated rings. The molecule has 0 spiro atoms. The minimum atomic E-state index is -0.465. The van der Waals surface area contributed by atoms with Crippen molar-refractivity contribution in [2.24, 2.45) is 5.73 Å². The van der Waals surface area contributed by atoms with E-state index in [1.807, 2.05) is 35.7 Å². The van der Waals surface area contributed by atoms with Crippen molar-refractivity contribution < 1.29 is 9.59 Å². The Kier molecular flexibility index (Phi) is 6.08. The number of fused-ring (bicyclic) bond motifs is 1. The molecule has 7 heteroatoms. The van der Waals surface area contributed by atoms with Gasteiger partial charge < -0.3 is 11.1 Å². The van der Waals surface area contributed by atoms with Gasteiger partial charge in [-0.2, -0.15) is 0 Å². The number of carbonyl (C=O) groups is 2. The second-order valence-electron chi connectivity index (χ2n) is 7.15. The van der Waals surface area contributed by atoms with Crippen molar-refractivity contribution in [3.63, 3.8) is 0 Å². The minimum absolute atomic E-state index is 0.0827. The van der Waals surface area contributed by atoms with E-state index < -0.39 is 5.91 Å². The predicted octanol–water partition coefficient (Wildman–Crippen LogP) is 4.04. The van der Waals surface area contributed by atoms with Crippen LogP contribution >= 0.6 is 22.7 Å². The fourth-order valence-electron chi connectivity index (χ4n) is 3.66. The van der Waals surface area contributed by atoms with Crippen LogP contribution < -0.4 is 11.1 Å². The van der Waals surface area contributed by atoms with Gasteiger partial charge in [0.15, 0.2) is 0 Å². The van der Waals surface area contributed by atoms with E-state index >= 15 is 0 Å². The summed E-state index contributed by atoms with van der Waals surface area (Å²) in [4.78, 5) is 29.2. The van der Waals surface area contributed by atoms with Crippen molar-refractivity contribution in [2.45, 2.75) is 32.4 Å². The van der Waals surface area contributed by atoms with Crippen molar-refractivity contribution in [3.8, 4) is 0 Å². The summed E-state index contributed by atoms with van der Waals surface area (Å²) in [6.45, 7) is 2.50. The summed E-state index contributed by atoms with van der Waals surface area (Å²) in [5, 5.41) is 5.55. The molecule has 1 aliphatic heterocycles. The molecule has 150 valence electrons. The normalized spacial score (nSPS) is 13.8. The van der Waals surface area contributed by atoms with Crippen molar-refractivity contribution in [1.29, 1.82) is 0 Å². The Morgan fingerprint density at radius 2 is 1.97 bits per heavy atom. The Morgan fingerprint density at radius 1 is 1.14 bits per heavy atom. The average molecular weight is 426 g/mol. The number of nitrogens with zero attached hydrogens (tertiary/aromatic N) is 1. The zero-order valence-corrected chi connectivity index (χ0v) is 17.7. The maximum atomic E-state index is 12.4. The number of hydrogen-bond acceptors (Lipinski definition) is 5. The molecular formula is C22H23N3O2S2. The fraction of sp³-hybridized carbons (Fsp3) is 0.273. The van der Waals surface area contributed by atoms with E-state index in [1.165, 1.54) is 21.8 Å². The molecule has 0 bridgehead atoms. The first kappa shape index (κ1) is 19.8.